The molecule has 94 valence electrons. The molecule has 2 heterocycles. The van der Waals surface area contributed by atoms with E-state index in [0.717, 1.165) is 17.7 Å². The summed E-state index contributed by atoms with van der Waals surface area (Å²) in [5.74, 6) is 2.07. The molecule has 0 atom stereocenters. The summed E-state index contributed by atoms with van der Waals surface area (Å²) in [5, 5.41) is 12.7. The highest BCUT2D eigenvalue weighted by Crippen LogP contribution is 2.34. The van der Waals surface area contributed by atoms with E-state index in [1.807, 2.05) is 18.2 Å². The van der Waals surface area contributed by atoms with Crippen molar-refractivity contribution in [3.63, 3.8) is 0 Å². The van der Waals surface area contributed by atoms with E-state index in [-0.39, 0.29) is 6.61 Å². The van der Waals surface area contributed by atoms with Gasteiger partial charge in [-0.1, -0.05) is 5.16 Å². The molecule has 0 radical (unpaired) electrons. The highest BCUT2D eigenvalue weighted by atomic mass is 16.5. The van der Waals surface area contributed by atoms with Crippen molar-refractivity contribution in [3.8, 4) is 22.8 Å². The molecule has 3 rings (SSSR count). The van der Waals surface area contributed by atoms with Crippen LogP contribution in [0.4, 0.5) is 0 Å². The molecule has 5 nitrogen and oxygen atoms in total. The average Bonchev–Trinajstić information content (AvgIpc) is 2.76. The predicted molar refractivity (Wildman–Crippen MR) is 63.5 cm³/mol. The molecule has 0 fully saturated rings. The van der Waals surface area contributed by atoms with E-state index in [4.69, 9.17) is 19.1 Å². The first-order valence-corrected chi connectivity index (χ1v) is 5.83. The van der Waals surface area contributed by atoms with Crippen molar-refractivity contribution in [1.82, 2.24) is 5.16 Å². The Bertz CT molecular complexity index is 550. The van der Waals surface area contributed by atoms with E-state index < -0.39 is 0 Å². The Balaban J connectivity index is 1.95. The number of fused-ring (bicyclic) bond motifs is 1. The lowest BCUT2D eigenvalue weighted by Gasteiger charge is -2.07. The monoisotopic (exact) mass is 247 g/mol. The summed E-state index contributed by atoms with van der Waals surface area (Å²) in [4.78, 5) is 0. The van der Waals surface area contributed by atoms with Gasteiger partial charge in [0.1, 0.15) is 5.69 Å². The van der Waals surface area contributed by atoms with Gasteiger partial charge in [0, 0.05) is 18.1 Å². The molecule has 0 saturated carbocycles. The van der Waals surface area contributed by atoms with E-state index in [2.05, 4.69) is 5.16 Å². The van der Waals surface area contributed by atoms with E-state index >= 15 is 0 Å². The topological polar surface area (TPSA) is 64.7 Å². The molecule has 1 aliphatic rings. The highest BCUT2D eigenvalue weighted by Gasteiger charge is 2.13. The molecule has 0 aliphatic carbocycles. The van der Waals surface area contributed by atoms with Crippen LogP contribution in [0, 0.1) is 0 Å². The smallest absolute Gasteiger partial charge is 0.167 e. The van der Waals surface area contributed by atoms with Gasteiger partial charge in [0.05, 0.1) is 19.8 Å². The van der Waals surface area contributed by atoms with Crippen LogP contribution in [0.2, 0.25) is 0 Å². The van der Waals surface area contributed by atoms with Crippen molar-refractivity contribution in [3.05, 3.63) is 30.0 Å². The lowest BCUT2D eigenvalue weighted by atomic mass is 10.1. The van der Waals surface area contributed by atoms with Gasteiger partial charge in [0.2, 0.25) is 0 Å². The fraction of sp³-hybridized carbons (Fsp3) is 0.308. The minimum atomic E-state index is -0.131. The molecule has 2 aromatic rings. The van der Waals surface area contributed by atoms with Gasteiger partial charge in [0.15, 0.2) is 17.3 Å². The van der Waals surface area contributed by atoms with Crippen molar-refractivity contribution >= 4 is 0 Å². The van der Waals surface area contributed by atoms with Crippen molar-refractivity contribution < 1.29 is 19.1 Å². The third-order valence-corrected chi connectivity index (χ3v) is 2.75. The fourth-order valence-corrected chi connectivity index (χ4v) is 1.84. The minimum absolute atomic E-state index is 0.131. The van der Waals surface area contributed by atoms with Crippen LogP contribution < -0.4 is 9.47 Å². The molecule has 0 spiro atoms. The zero-order valence-electron chi connectivity index (χ0n) is 9.76. The lowest BCUT2D eigenvalue weighted by Crippen LogP contribution is -1.97. The standard InChI is InChI=1S/C13H13NO4/c15-8-10-7-12(18-14-10)9-2-3-11-13(6-9)17-5-1-4-16-11/h2-3,6-7,15H,1,4-5,8H2. The molecule has 0 amide bonds. The van der Waals surface area contributed by atoms with Gasteiger partial charge >= 0.3 is 0 Å². The first-order chi connectivity index (χ1) is 8.86. The molecule has 1 aliphatic heterocycles. The van der Waals surface area contributed by atoms with E-state index in [1.54, 1.807) is 6.07 Å². The number of hydrogen-bond donors (Lipinski definition) is 1. The van der Waals surface area contributed by atoms with Gasteiger partial charge in [-0.3, -0.25) is 0 Å². The average molecular weight is 247 g/mol. The van der Waals surface area contributed by atoms with Gasteiger partial charge in [0.25, 0.3) is 0 Å². The molecular formula is C13H13NO4. The van der Waals surface area contributed by atoms with E-state index in [9.17, 15) is 0 Å². The van der Waals surface area contributed by atoms with Crippen LogP contribution in [0.15, 0.2) is 28.8 Å². The summed E-state index contributed by atoms with van der Waals surface area (Å²) in [6.07, 6.45) is 0.876. The molecule has 1 N–H and O–H groups in total. The Hall–Kier alpha value is -2.01. The minimum Gasteiger partial charge on any atom is -0.490 e. The van der Waals surface area contributed by atoms with Crippen molar-refractivity contribution in [1.29, 1.82) is 0 Å². The molecule has 18 heavy (non-hydrogen) atoms. The summed E-state index contributed by atoms with van der Waals surface area (Å²) < 4.78 is 16.3. The molecule has 0 unspecified atom stereocenters. The number of hydrogen-bond acceptors (Lipinski definition) is 5. The van der Waals surface area contributed by atoms with Gasteiger partial charge in [-0.15, -0.1) is 0 Å². The maximum absolute atomic E-state index is 8.96. The number of aliphatic hydroxyl groups excluding tert-OH is 1. The molecule has 1 aromatic carbocycles. The Kier molecular flexibility index (Phi) is 2.90. The van der Waals surface area contributed by atoms with Crippen LogP contribution in [0.25, 0.3) is 11.3 Å². The van der Waals surface area contributed by atoms with Gasteiger partial charge in [-0.25, -0.2) is 0 Å². The Morgan fingerprint density at radius 2 is 1.94 bits per heavy atom. The van der Waals surface area contributed by atoms with Crippen molar-refractivity contribution in [2.24, 2.45) is 0 Å². The van der Waals surface area contributed by atoms with Gasteiger partial charge in [-0.05, 0) is 18.2 Å². The van der Waals surface area contributed by atoms with Crippen LogP contribution in [0.1, 0.15) is 12.1 Å². The number of nitrogens with zero attached hydrogens (tertiary/aromatic N) is 1. The van der Waals surface area contributed by atoms with E-state index in [0.29, 0.717) is 30.4 Å². The maximum atomic E-state index is 8.96. The van der Waals surface area contributed by atoms with Crippen molar-refractivity contribution in [2.45, 2.75) is 13.0 Å². The molecule has 5 heteroatoms. The highest BCUT2D eigenvalue weighted by molar-refractivity contribution is 5.62. The molecule has 1 aromatic heterocycles. The zero-order valence-corrected chi connectivity index (χ0v) is 9.76. The van der Waals surface area contributed by atoms with Crippen LogP contribution >= 0.6 is 0 Å². The number of aromatic nitrogens is 1. The third kappa shape index (κ3) is 2.04. The number of benzene rings is 1. The summed E-state index contributed by atoms with van der Waals surface area (Å²) in [5.41, 5.74) is 1.36. The SMILES string of the molecule is OCc1cc(-c2ccc3c(c2)OCCCO3)on1. The van der Waals surface area contributed by atoms with Gasteiger partial charge in [-0.2, -0.15) is 0 Å². The summed E-state index contributed by atoms with van der Waals surface area (Å²) in [6, 6.07) is 7.31. The van der Waals surface area contributed by atoms with Crippen LogP contribution in [0.5, 0.6) is 11.5 Å². The predicted octanol–water partition coefficient (Wildman–Crippen LogP) is 2.00. The number of rotatable bonds is 2. The molecule has 0 bridgehead atoms. The second-order valence-electron chi connectivity index (χ2n) is 4.05. The second kappa shape index (κ2) is 4.70. The fourth-order valence-electron chi connectivity index (χ4n) is 1.84. The molecular weight excluding hydrogens is 234 g/mol. The third-order valence-electron chi connectivity index (χ3n) is 2.75. The Morgan fingerprint density at radius 3 is 2.72 bits per heavy atom. The van der Waals surface area contributed by atoms with Gasteiger partial charge < -0.3 is 19.1 Å². The number of ether oxygens (including phenoxy) is 2. The van der Waals surface area contributed by atoms with Crippen LogP contribution in [0.3, 0.4) is 0 Å². The number of aliphatic hydroxyl groups is 1. The summed E-state index contributed by atoms with van der Waals surface area (Å²) in [7, 11) is 0. The second-order valence-corrected chi connectivity index (χ2v) is 4.05. The normalized spacial score (nSPS) is 14.3. The Morgan fingerprint density at radius 1 is 1.11 bits per heavy atom. The summed E-state index contributed by atoms with van der Waals surface area (Å²) in [6.45, 7) is 1.19. The molecule has 0 saturated heterocycles. The van der Waals surface area contributed by atoms with Crippen LogP contribution in [-0.4, -0.2) is 23.5 Å². The Labute approximate surface area is 104 Å². The van der Waals surface area contributed by atoms with Crippen LogP contribution in [-0.2, 0) is 6.61 Å². The first-order valence-electron chi connectivity index (χ1n) is 5.83. The van der Waals surface area contributed by atoms with Crippen molar-refractivity contribution in [2.75, 3.05) is 13.2 Å². The summed E-state index contributed by atoms with van der Waals surface area (Å²) >= 11 is 0. The first kappa shape index (κ1) is 11.1. The lowest BCUT2D eigenvalue weighted by molar-refractivity contribution is 0.267. The quantitative estimate of drug-likeness (QED) is 0.879. The van der Waals surface area contributed by atoms with E-state index in [1.165, 1.54) is 0 Å². The maximum Gasteiger partial charge on any atom is 0.167 e. The zero-order chi connectivity index (χ0) is 12.4. The largest absolute Gasteiger partial charge is 0.490 e.